The number of urea groups is 1. The van der Waals surface area contributed by atoms with E-state index in [1.807, 2.05) is 0 Å². The van der Waals surface area contributed by atoms with Crippen molar-refractivity contribution in [3.8, 4) is 0 Å². The maximum absolute atomic E-state index is 11.5. The summed E-state index contributed by atoms with van der Waals surface area (Å²) < 4.78 is 0. The fraction of sp³-hybridized carbons (Fsp3) is 0.667. The van der Waals surface area contributed by atoms with Crippen LogP contribution in [0, 0.1) is 5.41 Å². The minimum atomic E-state index is -1.23. The Bertz CT molecular complexity index is 433. The van der Waals surface area contributed by atoms with Gasteiger partial charge in [0.15, 0.2) is 0 Å². The van der Waals surface area contributed by atoms with E-state index in [0.29, 0.717) is 12.8 Å². The summed E-state index contributed by atoms with van der Waals surface area (Å²) in [4.78, 5) is 44.8. The highest BCUT2D eigenvalue weighted by Crippen LogP contribution is 2.19. The standard InChI is InChI=1S/C12H19N3O5/c1-12(2,10(18)19)5-9(17)15-11(20)13-6-7-3-4-8(16)14-7/h7H,3-6H2,1-2H3,(H,14,16)(H,18,19)(H2,13,15,17,20). The van der Waals surface area contributed by atoms with E-state index in [4.69, 9.17) is 5.11 Å². The van der Waals surface area contributed by atoms with Crippen LogP contribution >= 0.6 is 0 Å². The number of carboxylic acid groups (broad SMARTS) is 1. The molecule has 1 heterocycles. The zero-order valence-electron chi connectivity index (χ0n) is 11.5. The van der Waals surface area contributed by atoms with Crippen molar-refractivity contribution >= 4 is 23.8 Å². The lowest BCUT2D eigenvalue weighted by Crippen LogP contribution is -2.46. The fourth-order valence-corrected chi connectivity index (χ4v) is 1.74. The topological polar surface area (TPSA) is 125 Å². The summed E-state index contributed by atoms with van der Waals surface area (Å²) in [6.45, 7) is 3.04. The van der Waals surface area contributed by atoms with Gasteiger partial charge < -0.3 is 15.7 Å². The van der Waals surface area contributed by atoms with Crippen LogP contribution in [0.1, 0.15) is 33.1 Å². The molecule has 1 aliphatic heterocycles. The van der Waals surface area contributed by atoms with E-state index in [2.05, 4.69) is 16.0 Å². The van der Waals surface area contributed by atoms with Crippen molar-refractivity contribution in [1.82, 2.24) is 16.0 Å². The molecule has 20 heavy (non-hydrogen) atoms. The number of carbonyl (C=O) groups is 4. The lowest BCUT2D eigenvalue weighted by atomic mass is 9.89. The summed E-state index contributed by atoms with van der Waals surface area (Å²) in [5, 5.41) is 16.1. The highest BCUT2D eigenvalue weighted by Gasteiger charge is 2.30. The second kappa shape index (κ2) is 6.36. The van der Waals surface area contributed by atoms with Gasteiger partial charge in [-0.1, -0.05) is 0 Å². The molecule has 1 atom stereocenters. The van der Waals surface area contributed by atoms with Crippen LogP contribution < -0.4 is 16.0 Å². The van der Waals surface area contributed by atoms with Crippen molar-refractivity contribution in [1.29, 1.82) is 0 Å². The molecule has 0 saturated carbocycles. The van der Waals surface area contributed by atoms with Crippen LogP contribution in [-0.4, -0.2) is 41.5 Å². The summed E-state index contributed by atoms with van der Waals surface area (Å²) in [7, 11) is 0. The SMILES string of the molecule is CC(C)(CC(=O)NC(=O)NCC1CCC(=O)N1)C(=O)O. The van der Waals surface area contributed by atoms with Crippen molar-refractivity contribution in [2.75, 3.05) is 6.54 Å². The van der Waals surface area contributed by atoms with Gasteiger partial charge in [0, 0.05) is 25.4 Å². The van der Waals surface area contributed by atoms with Gasteiger partial charge in [-0.15, -0.1) is 0 Å². The molecule has 0 aromatic rings. The summed E-state index contributed by atoms with van der Waals surface area (Å²) in [6.07, 6.45) is 0.773. The molecule has 1 rings (SSSR count). The average molecular weight is 285 g/mol. The monoisotopic (exact) mass is 285 g/mol. The van der Waals surface area contributed by atoms with Gasteiger partial charge in [0.05, 0.1) is 5.41 Å². The van der Waals surface area contributed by atoms with Gasteiger partial charge in [-0.3, -0.25) is 19.7 Å². The molecule has 1 aliphatic rings. The molecule has 1 saturated heterocycles. The highest BCUT2D eigenvalue weighted by molar-refractivity contribution is 5.96. The van der Waals surface area contributed by atoms with Crippen LogP contribution in [0.25, 0.3) is 0 Å². The van der Waals surface area contributed by atoms with Crippen LogP contribution in [-0.2, 0) is 14.4 Å². The minimum Gasteiger partial charge on any atom is -0.481 e. The van der Waals surface area contributed by atoms with Gasteiger partial charge in [0.25, 0.3) is 0 Å². The van der Waals surface area contributed by atoms with Crippen LogP contribution in [0.15, 0.2) is 0 Å². The predicted molar refractivity (Wildman–Crippen MR) is 68.7 cm³/mol. The van der Waals surface area contributed by atoms with E-state index in [1.54, 1.807) is 0 Å². The lowest BCUT2D eigenvalue weighted by molar-refractivity contribution is -0.149. The van der Waals surface area contributed by atoms with Gasteiger partial charge in [-0.2, -0.15) is 0 Å². The largest absolute Gasteiger partial charge is 0.481 e. The number of hydrogen-bond acceptors (Lipinski definition) is 4. The molecule has 4 amide bonds. The third-order valence-electron chi connectivity index (χ3n) is 3.03. The molecular formula is C12H19N3O5. The molecule has 8 nitrogen and oxygen atoms in total. The molecule has 0 aromatic heterocycles. The number of hydrogen-bond donors (Lipinski definition) is 4. The number of carboxylic acids is 1. The Kier molecular flexibility index (Phi) is 5.06. The Morgan fingerprint density at radius 2 is 2.05 bits per heavy atom. The second-order valence-corrected chi connectivity index (χ2v) is 5.43. The molecule has 0 spiro atoms. The molecule has 0 aromatic carbocycles. The number of imide groups is 1. The lowest BCUT2D eigenvalue weighted by Gasteiger charge is -2.18. The summed E-state index contributed by atoms with van der Waals surface area (Å²) in [5.41, 5.74) is -1.23. The van der Waals surface area contributed by atoms with Crippen molar-refractivity contribution in [3.05, 3.63) is 0 Å². The Morgan fingerprint density at radius 3 is 2.55 bits per heavy atom. The third kappa shape index (κ3) is 4.87. The molecule has 1 unspecified atom stereocenters. The molecule has 8 heteroatoms. The molecule has 0 radical (unpaired) electrons. The van der Waals surface area contributed by atoms with Gasteiger partial charge in [-0.25, -0.2) is 4.79 Å². The molecule has 0 bridgehead atoms. The summed E-state index contributed by atoms with van der Waals surface area (Å²) in [6, 6.07) is -0.823. The van der Waals surface area contributed by atoms with Gasteiger partial charge in [-0.05, 0) is 20.3 Å². The average Bonchev–Trinajstić information content (AvgIpc) is 2.71. The molecular weight excluding hydrogens is 266 g/mol. The molecule has 1 fully saturated rings. The van der Waals surface area contributed by atoms with E-state index in [1.165, 1.54) is 13.8 Å². The zero-order chi connectivity index (χ0) is 15.3. The fourth-order valence-electron chi connectivity index (χ4n) is 1.74. The first-order valence-electron chi connectivity index (χ1n) is 6.31. The highest BCUT2D eigenvalue weighted by atomic mass is 16.4. The number of nitrogens with one attached hydrogen (secondary N) is 3. The summed E-state index contributed by atoms with van der Waals surface area (Å²) >= 11 is 0. The molecule has 4 N–H and O–H groups in total. The van der Waals surface area contributed by atoms with Gasteiger partial charge >= 0.3 is 12.0 Å². The smallest absolute Gasteiger partial charge is 0.321 e. The number of aliphatic carboxylic acids is 1. The number of amides is 4. The van der Waals surface area contributed by atoms with Crippen molar-refractivity contribution in [2.24, 2.45) is 5.41 Å². The quantitative estimate of drug-likeness (QED) is 0.546. The minimum absolute atomic E-state index is 0.0588. The van der Waals surface area contributed by atoms with E-state index in [0.717, 1.165) is 0 Å². The van der Waals surface area contributed by atoms with E-state index in [9.17, 15) is 19.2 Å². The maximum Gasteiger partial charge on any atom is 0.321 e. The normalized spacial score (nSPS) is 18.3. The number of carbonyl (C=O) groups excluding carboxylic acids is 3. The van der Waals surface area contributed by atoms with Gasteiger partial charge in [0.1, 0.15) is 0 Å². The Morgan fingerprint density at radius 1 is 1.40 bits per heavy atom. The third-order valence-corrected chi connectivity index (χ3v) is 3.03. The maximum atomic E-state index is 11.5. The second-order valence-electron chi connectivity index (χ2n) is 5.43. The van der Waals surface area contributed by atoms with E-state index >= 15 is 0 Å². The Labute approximate surface area is 116 Å². The van der Waals surface area contributed by atoms with Crippen LogP contribution in [0.5, 0.6) is 0 Å². The number of rotatable bonds is 5. The summed E-state index contributed by atoms with van der Waals surface area (Å²) in [5.74, 6) is -1.83. The van der Waals surface area contributed by atoms with Crippen molar-refractivity contribution in [2.45, 2.75) is 39.2 Å². The van der Waals surface area contributed by atoms with Crippen molar-refractivity contribution < 1.29 is 24.3 Å². The first kappa shape index (κ1) is 15.9. The van der Waals surface area contributed by atoms with Gasteiger partial charge in [0.2, 0.25) is 11.8 Å². The molecule has 112 valence electrons. The Balaban J connectivity index is 2.30. The van der Waals surface area contributed by atoms with Crippen molar-refractivity contribution in [3.63, 3.8) is 0 Å². The first-order chi connectivity index (χ1) is 9.20. The van der Waals surface area contributed by atoms with Crippen LogP contribution in [0.2, 0.25) is 0 Å². The first-order valence-corrected chi connectivity index (χ1v) is 6.31. The molecule has 0 aliphatic carbocycles. The van der Waals surface area contributed by atoms with Crippen LogP contribution in [0.4, 0.5) is 4.79 Å². The van der Waals surface area contributed by atoms with Crippen LogP contribution in [0.3, 0.4) is 0 Å². The zero-order valence-corrected chi connectivity index (χ0v) is 11.5. The Hall–Kier alpha value is -2.12. The predicted octanol–water partition coefficient (Wildman–Crippen LogP) is -0.408. The van der Waals surface area contributed by atoms with E-state index in [-0.39, 0.29) is 24.9 Å². The van der Waals surface area contributed by atoms with E-state index < -0.39 is 23.3 Å².